The van der Waals surface area contributed by atoms with Crippen LogP contribution in [-0.4, -0.2) is 46.5 Å². The molecule has 8 heteroatoms. The van der Waals surface area contributed by atoms with Crippen molar-refractivity contribution in [1.82, 2.24) is 14.5 Å². The third kappa shape index (κ3) is 3.80. The van der Waals surface area contributed by atoms with Gasteiger partial charge in [0.25, 0.3) is 5.56 Å². The van der Waals surface area contributed by atoms with Gasteiger partial charge < -0.3 is 15.5 Å². The number of rotatable bonds is 8. The van der Waals surface area contributed by atoms with Crippen molar-refractivity contribution in [2.75, 3.05) is 30.8 Å². The first kappa shape index (κ1) is 18.1. The van der Waals surface area contributed by atoms with E-state index in [1.807, 2.05) is 18.7 Å². The summed E-state index contributed by atoms with van der Waals surface area (Å²) < 4.78 is 1.36. The van der Waals surface area contributed by atoms with E-state index >= 15 is 0 Å². The normalized spacial score (nSPS) is 13.8. The van der Waals surface area contributed by atoms with Crippen molar-refractivity contribution in [3.05, 3.63) is 20.8 Å². The molecule has 0 spiro atoms. The molecule has 1 fully saturated rings. The van der Waals surface area contributed by atoms with E-state index in [0.29, 0.717) is 19.1 Å². The molecule has 0 atom stereocenters. The van der Waals surface area contributed by atoms with E-state index in [-0.39, 0.29) is 24.0 Å². The number of nitrogens with one attached hydrogen (secondary N) is 1. The summed E-state index contributed by atoms with van der Waals surface area (Å²) in [7, 11) is 1.65. The number of carbonyl (C=O) groups excluding carboxylic acids is 1. The smallest absolute Gasteiger partial charge is 0.330 e. The lowest BCUT2D eigenvalue weighted by atomic mass is 10.3. The zero-order valence-corrected chi connectivity index (χ0v) is 14.7. The van der Waals surface area contributed by atoms with Gasteiger partial charge in [0.05, 0.1) is 6.54 Å². The van der Waals surface area contributed by atoms with Gasteiger partial charge in [-0.1, -0.05) is 13.3 Å². The Balaban J connectivity index is 2.24. The second kappa shape index (κ2) is 7.55. The van der Waals surface area contributed by atoms with Gasteiger partial charge >= 0.3 is 5.69 Å². The van der Waals surface area contributed by atoms with E-state index in [9.17, 15) is 14.4 Å². The summed E-state index contributed by atoms with van der Waals surface area (Å²) >= 11 is 0. The fourth-order valence-corrected chi connectivity index (χ4v) is 2.88. The van der Waals surface area contributed by atoms with Gasteiger partial charge in [-0.05, 0) is 26.2 Å². The zero-order chi connectivity index (χ0) is 17.9. The van der Waals surface area contributed by atoms with Crippen molar-refractivity contribution in [2.24, 2.45) is 0 Å². The fourth-order valence-electron chi connectivity index (χ4n) is 2.88. The molecule has 0 aliphatic heterocycles. The largest absolute Gasteiger partial charge is 0.383 e. The summed E-state index contributed by atoms with van der Waals surface area (Å²) in [6.07, 6.45) is 3.76. The van der Waals surface area contributed by atoms with Crippen LogP contribution >= 0.6 is 0 Å². The highest BCUT2D eigenvalue weighted by Gasteiger charge is 2.32. The second-order valence-corrected chi connectivity index (χ2v) is 6.27. The quantitative estimate of drug-likeness (QED) is 0.713. The Morgan fingerprint density at radius 1 is 1.33 bits per heavy atom. The zero-order valence-electron chi connectivity index (χ0n) is 14.7. The van der Waals surface area contributed by atoms with Crippen LogP contribution in [0.1, 0.15) is 39.5 Å². The Hall–Kier alpha value is -2.25. The Labute approximate surface area is 141 Å². The highest BCUT2D eigenvalue weighted by Crippen LogP contribution is 2.27. The first-order chi connectivity index (χ1) is 11.4. The molecule has 1 amide bonds. The van der Waals surface area contributed by atoms with Gasteiger partial charge in [-0.3, -0.25) is 19.1 Å². The number of carbonyl (C=O) groups is 1. The third-order valence-corrected chi connectivity index (χ3v) is 4.35. The van der Waals surface area contributed by atoms with Crippen molar-refractivity contribution in [3.8, 4) is 0 Å². The molecule has 1 aliphatic carbocycles. The number of hydrogen-bond acceptors (Lipinski definition) is 5. The maximum atomic E-state index is 12.4. The molecular weight excluding hydrogens is 310 g/mol. The van der Waals surface area contributed by atoms with E-state index in [4.69, 9.17) is 5.73 Å². The molecule has 0 bridgehead atoms. The number of amides is 1. The average Bonchev–Trinajstić information content (AvgIpc) is 3.32. The Morgan fingerprint density at radius 2 is 2.00 bits per heavy atom. The highest BCUT2D eigenvalue weighted by atomic mass is 16.2. The van der Waals surface area contributed by atoms with Crippen LogP contribution in [0, 0.1) is 0 Å². The molecule has 1 aromatic heterocycles. The number of nitrogens with zero attached hydrogens (tertiary/aromatic N) is 3. The molecule has 8 nitrogen and oxygen atoms in total. The first-order valence-electron chi connectivity index (χ1n) is 8.53. The highest BCUT2D eigenvalue weighted by molar-refractivity contribution is 5.83. The minimum absolute atomic E-state index is 0.0346. The number of H-pyrrole nitrogens is 1. The first-order valence-corrected chi connectivity index (χ1v) is 8.53. The lowest BCUT2D eigenvalue weighted by Crippen LogP contribution is -2.43. The minimum atomic E-state index is -0.560. The Morgan fingerprint density at radius 3 is 2.54 bits per heavy atom. The SMILES string of the molecule is CCCCn1c(N)c(N(C)CC(=O)N(CC)C2CC2)c(=O)[nH]c1=O. The van der Waals surface area contributed by atoms with Crippen molar-refractivity contribution >= 4 is 17.4 Å². The van der Waals surface area contributed by atoms with Gasteiger partial charge in [0, 0.05) is 26.2 Å². The molecule has 1 heterocycles. The van der Waals surface area contributed by atoms with Crippen molar-refractivity contribution in [3.63, 3.8) is 0 Å². The summed E-state index contributed by atoms with van der Waals surface area (Å²) in [6.45, 7) is 5.11. The number of hydrogen-bond donors (Lipinski definition) is 2. The van der Waals surface area contributed by atoms with E-state index in [1.165, 1.54) is 9.47 Å². The predicted octanol–water partition coefficient (Wildman–Crippen LogP) is 0.366. The van der Waals surface area contributed by atoms with E-state index < -0.39 is 11.2 Å². The summed E-state index contributed by atoms with van der Waals surface area (Å²) in [4.78, 5) is 42.2. The average molecular weight is 337 g/mol. The number of nitrogens with two attached hydrogens (primary N) is 1. The number of aromatic nitrogens is 2. The fraction of sp³-hybridized carbons (Fsp3) is 0.688. The number of unbranched alkanes of at least 4 members (excludes halogenated alkanes) is 1. The molecule has 0 unspecified atom stereocenters. The van der Waals surface area contributed by atoms with Gasteiger partial charge in [0.15, 0.2) is 0 Å². The summed E-state index contributed by atoms with van der Waals surface area (Å²) in [5.41, 5.74) is 5.16. The molecule has 24 heavy (non-hydrogen) atoms. The second-order valence-electron chi connectivity index (χ2n) is 6.27. The van der Waals surface area contributed by atoms with Gasteiger partial charge in [-0.25, -0.2) is 4.79 Å². The van der Waals surface area contributed by atoms with Gasteiger partial charge in [-0.15, -0.1) is 0 Å². The number of nitrogen functional groups attached to an aromatic ring is 1. The molecule has 3 N–H and O–H groups in total. The van der Waals surface area contributed by atoms with E-state index in [1.54, 1.807) is 7.05 Å². The van der Waals surface area contributed by atoms with Crippen LogP contribution in [0.15, 0.2) is 9.59 Å². The van der Waals surface area contributed by atoms with Crippen molar-refractivity contribution in [2.45, 2.75) is 52.1 Å². The van der Waals surface area contributed by atoms with Crippen LogP contribution < -0.4 is 21.9 Å². The third-order valence-electron chi connectivity index (χ3n) is 4.35. The Bertz CT molecular complexity index is 705. The summed E-state index contributed by atoms with van der Waals surface area (Å²) in [5.74, 6) is 0.0783. The molecule has 0 aromatic carbocycles. The van der Waals surface area contributed by atoms with Gasteiger partial charge in [0.2, 0.25) is 5.91 Å². The molecule has 2 rings (SSSR count). The molecule has 134 valence electrons. The predicted molar refractivity (Wildman–Crippen MR) is 94.3 cm³/mol. The molecule has 0 saturated heterocycles. The molecule has 1 saturated carbocycles. The van der Waals surface area contributed by atoms with E-state index in [2.05, 4.69) is 4.98 Å². The maximum absolute atomic E-state index is 12.4. The van der Waals surface area contributed by atoms with Crippen LogP contribution in [0.4, 0.5) is 11.5 Å². The monoisotopic (exact) mass is 337 g/mol. The summed E-state index contributed by atoms with van der Waals surface area (Å²) in [5, 5.41) is 0. The maximum Gasteiger partial charge on any atom is 0.330 e. The topological polar surface area (TPSA) is 104 Å². The van der Waals surface area contributed by atoms with Crippen LogP contribution in [-0.2, 0) is 11.3 Å². The molecular formula is C16H27N5O3. The number of aromatic amines is 1. The lowest BCUT2D eigenvalue weighted by molar-refractivity contribution is -0.130. The number of likely N-dealkylation sites (N-methyl/N-ethyl adjacent to an activating group) is 2. The minimum Gasteiger partial charge on any atom is -0.383 e. The molecule has 0 radical (unpaired) electrons. The van der Waals surface area contributed by atoms with Gasteiger partial charge in [-0.2, -0.15) is 0 Å². The molecule has 1 aliphatic rings. The Kier molecular flexibility index (Phi) is 5.69. The standard InChI is InChI=1S/C16H27N5O3/c1-4-6-9-21-14(17)13(15(23)18-16(21)24)19(3)10-12(22)20(5-2)11-7-8-11/h11H,4-10,17H2,1-3H3,(H,18,23,24). The van der Waals surface area contributed by atoms with Gasteiger partial charge in [0.1, 0.15) is 11.5 Å². The molecule has 1 aromatic rings. The lowest BCUT2D eigenvalue weighted by Gasteiger charge is -2.26. The van der Waals surface area contributed by atoms with Crippen LogP contribution in [0.2, 0.25) is 0 Å². The van der Waals surface area contributed by atoms with Crippen molar-refractivity contribution in [1.29, 1.82) is 0 Å². The van der Waals surface area contributed by atoms with Crippen LogP contribution in [0.25, 0.3) is 0 Å². The number of anilines is 2. The van der Waals surface area contributed by atoms with Crippen molar-refractivity contribution < 1.29 is 4.79 Å². The summed E-state index contributed by atoms with van der Waals surface area (Å²) in [6, 6.07) is 0.324. The van der Waals surface area contributed by atoms with Crippen LogP contribution in [0.3, 0.4) is 0 Å². The van der Waals surface area contributed by atoms with E-state index in [0.717, 1.165) is 25.7 Å². The van der Waals surface area contributed by atoms with Crippen LogP contribution in [0.5, 0.6) is 0 Å².